The van der Waals surface area contributed by atoms with E-state index in [-0.39, 0.29) is 24.8 Å². The average Bonchev–Trinajstić information content (AvgIpc) is 3.16. The molecule has 0 aromatic carbocycles. The number of furan rings is 1. The number of thiocarbonyl (C=S) groups is 1. The summed E-state index contributed by atoms with van der Waals surface area (Å²) in [7, 11) is 0. The molecule has 2 amide bonds. The van der Waals surface area contributed by atoms with Gasteiger partial charge in [0.05, 0.1) is 11.2 Å². The Morgan fingerprint density at radius 3 is 2.96 bits per heavy atom. The Hall–Kier alpha value is -2.45. The molecule has 3 rings (SSSR count). The largest absolute Gasteiger partial charge is 0.465 e. The van der Waals surface area contributed by atoms with Crippen molar-refractivity contribution in [2.24, 2.45) is 0 Å². The number of anilines is 1. The van der Waals surface area contributed by atoms with Crippen molar-refractivity contribution in [3.63, 3.8) is 0 Å². The van der Waals surface area contributed by atoms with Crippen LogP contribution < -0.4 is 5.32 Å². The minimum absolute atomic E-state index is 0.136. The van der Waals surface area contributed by atoms with Crippen LogP contribution in [0.2, 0.25) is 0 Å². The summed E-state index contributed by atoms with van der Waals surface area (Å²) in [5, 5.41) is 2.68. The quantitative estimate of drug-likeness (QED) is 0.653. The Labute approximate surface area is 147 Å². The lowest BCUT2D eigenvalue weighted by molar-refractivity contribution is -0.122. The summed E-state index contributed by atoms with van der Waals surface area (Å²) in [6.07, 6.45) is 4.91. The number of hydrogen-bond acceptors (Lipinski definition) is 6. The zero-order chi connectivity index (χ0) is 16.9. The molecule has 6 nitrogen and oxygen atoms in total. The number of nitrogens with one attached hydrogen (secondary N) is 1. The molecule has 0 atom stereocenters. The van der Waals surface area contributed by atoms with Crippen LogP contribution in [0.4, 0.5) is 5.82 Å². The van der Waals surface area contributed by atoms with Crippen LogP contribution in [0.3, 0.4) is 0 Å². The summed E-state index contributed by atoms with van der Waals surface area (Å²) in [6.45, 7) is 0.221. The van der Waals surface area contributed by atoms with Crippen molar-refractivity contribution >= 4 is 52.0 Å². The van der Waals surface area contributed by atoms with Crippen LogP contribution in [-0.2, 0) is 9.59 Å². The van der Waals surface area contributed by atoms with Crippen LogP contribution in [0.1, 0.15) is 12.2 Å². The summed E-state index contributed by atoms with van der Waals surface area (Å²) in [5.74, 6) is 0.624. The van der Waals surface area contributed by atoms with Crippen LogP contribution in [0.25, 0.3) is 6.08 Å². The van der Waals surface area contributed by atoms with Crippen molar-refractivity contribution in [3.05, 3.63) is 53.5 Å². The smallest absolute Gasteiger partial charge is 0.266 e. The molecular weight excluding hydrogens is 346 g/mol. The van der Waals surface area contributed by atoms with Gasteiger partial charge in [-0.25, -0.2) is 4.98 Å². The first-order chi connectivity index (χ1) is 11.6. The predicted molar refractivity (Wildman–Crippen MR) is 96.1 cm³/mol. The van der Waals surface area contributed by atoms with Crippen LogP contribution in [0.5, 0.6) is 0 Å². The maximum absolute atomic E-state index is 12.4. The molecule has 1 aliphatic rings. The second-order valence-corrected chi connectivity index (χ2v) is 6.54. The number of carbonyl (C=O) groups excluding carboxylic acids is 2. The van der Waals surface area contributed by atoms with Gasteiger partial charge in [0.1, 0.15) is 15.9 Å². The predicted octanol–water partition coefficient (Wildman–Crippen LogP) is 2.90. The summed E-state index contributed by atoms with van der Waals surface area (Å²) >= 11 is 6.43. The minimum atomic E-state index is -0.224. The van der Waals surface area contributed by atoms with Crippen LogP contribution in [0, 0.1) is 0 Å². The number of nitrogens with zero attached hydrogens (tertiary/aromatic N) is 2. The Kier molecular flexibility index (Phi) is 5.07. The van der Waals surface area contributed by atoms with Crippen molar-refractivity contribution in [2.75, 3.05) is 11.9 Å². The molecule has 0 unspecified atom stereocenters. The lowest BCUT2D eigenvalue weighted by Gasteiger charge is -2.13. The molecule has 8 heteroatoms. The average molecular weight is 359 g/mol. The first-order valence-corrected chi connectivity index (χ1v) is 8.36. The van der Waals surface area contributed by atoms with E-state index >= 15 is 0 Å². The third-order valence-corrected chi connectivity index (χ3v) is 4.56. The summed E-state index contributed by atoms with van der Waals surface area (Å²) in [5.41, 5.74) is 0. The third-order valence-electron chi connectivity index (χ3n) is 3.18. The highest BCUT2D eigenvalue weighted by Gasteiger charge is 2.32. The van der Waals surface area contributed by atoms with Crippen LogP contribution >= 0.6 is 24.0 Å². The molecule has 0 bridgehead atoms. The number of aromatic nitrogens is 1. The lowest BCUT2D eigenvalue weighted by atomic mass is 10.3. The van der Waals surface area contributed by atoms with Gasteiger partial charge in [0, 0.05) is 25.2 Å². The monoisotopic (exact) mass is 359 g/mol. The standard InChI is InChI=1S/C16H13N3O3S2/c20-14(18-13-5-1-2-7-17-13)6-8-19-15(21)12(24-16(19)23)10-11-4-3-9-22-11/h1-5,7,9-10H,6,8H2,(H,17,18,20)/b12-10-. The minimum Gasteiger partial charge on any atom is -0.465 e. The van der Waals surface area contributed by atoms with Gasteiger partial charge >= 0.3 is 0 Å². The normalized spacial score (nSPS) is 16.0. The zero-order valence-electron chi connectivity index (χ0n) is 12.5. The Bertz CT molecular complexity index is 788. The molecule has 0 spiro atoms. The molecule has 24 heavy (non-hydrogen) atoms. The zero-order valence-corrected chi connectivity index (χ0v) is 14.1. The van der Waals surface area contributed by atoms with Crippen molar-refractivity contribution < 1.29 is 14.0 Å². The fourth-order valence-electron chi connectivity index (χ4n) is 2.05. The number of thioether (sulfide) groups is 1. The van der Waals surface area contributed by atoms with Crippen molar-refractivity contribution in [3.8, 4) is 0 Å². The van der Waals surface area contributed by atoms with E-state index in [4.69, 9.17) is 16.6 Å². The molecule has 1 aliphatic heterocycles. The number of pyridine rings is 1. The Morgan fingerprint density at radius 2 is 2.25 bits per heavy atom. The summed E-state index contributed by atoms with van der Waals surface area (Å²) in [4.78, 5) is 30.3. The molecule has 1 fully saturated rings. The Morgan fingerprint density at radius 1 is 1.38 bits per heavy atom. The number of rotatable bonds is 5. The number of hydrogen-bond donors (Lipinski definition) is 1. The van der Waals surface area contributed by atoms with Gasteiger partial charge in [0.15, 0.2) is 0 Å². The number of amides is 2. The third kappa shape index (κ3) is 3.90. The van der Waals surface area contributed by atoms with Crippen LogP contribution in [-0.4, -0.2) is 32.6 Å². The molecule has 0 aliphatic carbocycles. The maximum atomic E-state index is 12.4. The molecule has 2 aromatic rings. The van der Waals surface area contributed by atoms with Crippen molar-refractivity contribution in [1.29, 1.82) is 0 Å². The fourth-order valence-corrected chi connectivity index (χ4v) is 3.34. The molecule has 0 saturated carbocycles. The second kappa shape index (κ2) is 7.41. The van der Waals surface area contributed by atoms with Gasteiger partial charge in [-0.15, -0.1) is 0 Å². The number of carbonyl (C=O) groups is 2. The van der Waals surface area contributed by atoms with E-state index in [1.807, 2.05) is 0 Å². The molecule has 122 valence electrons. The van der Waals surface area contributed by atoms with E-state index in [1.54, 1.807) is 42.6 Å². The van der Waals surface area contributed by atoms with Crippen molar-refractivity contribution in [2.45, 2.75) is 6.42 Å². The fraction of sp³-hybridized carbons (Fsp3) is 0.125. The SMILES string of the molecule is O=C(CCN1C(=O)/C(=C/c2ccco2)SC1=S)Nc1ccccn1. The van der Waals surface area contributed by atoms with Gasteiger partial charge in [-0.1, -0.05) is 30.0 Å². The molecular formula is C16H13N3O3S2. The molecule has 3 heterocycles. The van der Waals surface area contributed by atoms with E-state index in [0.717, 1.165) is 0 Å². The lowest BCUT2D eigenvalue weighted by Crippen LogP contribution is -2.31. The molecule has 1 N–H and O–H groups in total. The first-order valence-electron chi connectivity index (χ1n) is 7.13. The van der Waals surface area contributed by atoms with Gasteiger partial charge in [-0.2, -0.15) is 0 Å². The van der Waals surface area contributed by atoms with Gasteiger partial charge in [-0.05, 0) is 24.3 Å². The van der Waals surface area contributed by atoms with E-state index in [9.17, 15) is 9.59 Å². The molecule has 0 radical (unpaired) electrons. The Balaban J connectivity index is 1.58. The summed E-state index contributed by atoms with van der Waals surface area (Å²) in [6, 6.07) is 8.75. The van der Waals surface area contributed by atoms with Crippen LogP contribution in [0.15, 0.2) is 52.1 Å². The highest BCUT2D eigenvalue weighted by atomic mass is 32.2. The highest BCUT2D eigenvalue weighted by Crippen LogP contribution is 2.32. The topological polar surface area (TPSA) is 75.4 Å². The van der Waals surface area contributed by atoms with E-state index in [0.29, 0.717) is 20.8 Å². The molecule has 2 aromatic heterocycles. The first kappa shape index (κ1) is 16.4. The maximum Gasteiger partial charge on any atom is 0.266 e. The van der Waals surface area contributed by atoms with E-state index < -0.39 is 0 Å². The molecule has 1 saturated heterocycles. The van der Waals surface area contributed by atoms with E-state index in [2.05, 4.69) is 10.3 Å². The van der Waals surface area contributed by atoms with Gasteiger partial charge in [0.25, 0.3) is 5.91 Å². The van der Waals surface area contributed by atoms with Gasteiger partial charge < -0.3 is 9.73 Å². The summed E-state index contributed by atoms with van der Waals surface area (Å²) < 4.78 is 5.64. The van der Waals surface area contributed by atoms with Gasteiger partial charge in [-0.3, -0.25) is 14.5 Å². The van der Waals surface area contributed by atoms with Gasteiger partial charge in [0.2, 0.25) is 5.91 Å². The second-order valence-electron chi connectivity index (χ2n) is 4.86. The van der Waals surface area contributed by atoms with E-state index in [1.165, 1.54) is 22.9 Å². The highest BCUT2D eigenvalue weighted by molar-refractivity contribution is 8.26. The van der Waals surface area contributed by atoms with Crippen molar-refractivity contribution in [1.82, 2.24) is 9.88 Å².